The number of benzene rings is 1. The van der Waals surface area contributed by atoms with Crippen LogP contribution in [0.4, 0.5) is 5.82 Å². The van der Waals surface area contributed by atoms with E-state index in [1.54, 1.807) is 30.3 Å². The average Bonchev–Trinajstić information content (AvgIpc) is 2.96. The molecule has 0 saturated carbocycles. The van der Waals surface area contributed by atoms with E-state index in [1.165, 1.54) is 12.3 Å². The summed E-state index contributed by atoms with van der Waals surface area (Å²) in [5.41, 5.74) is -0.215. The van der Waals surface area contributed by atoms with Gasteiger partial charge in [0.1, 0.15) is 11.9 Å². The van der Waals surface area contributed by atoms with Crippen molar-refractivity contribution >= 4 is 11.7 Å². The minimum Gasteiger partial charge on any atom is -0.394 e. The zero-order valence-electron chi connectivity index (χ0n) is 12.7. The number of hydrogen-bond acceptors (Lipinski definition) is 6. The maximum Gasteiger partial charge on any atom is 0.351 e. The number of rotatable bonds is 4. The molecule has 1 aliphatic rings. The van der Waals surface area contributed by atoms with Crippen molar-refractivity contribution in [1.82, 2.24) is 9.55 Å². The second kappa shape index (κ2) is 6.91. The molecule has 8 nitrogen and oxygen atoms in total. The molecule has 0 aliphatic carbocycles. The van der Waals surface area contributed by atoms with Crippen LogP contribution in [0.15, 0.2) is 47.4 Å². The van der Waals surface area contributed by atoms with Crippen LogP contribution in [-0.2, 0) is 4.74 Å². The Labute approximate surface area is 137 Å². The Morgan fingerprint density at radius 2 is 2.08 bits per heavy atom. The molecule has 1 aliphatic heterocycles. The second-order valence-electron chi connectivity index (χ2n) is 5.46. The quantitative estimate of drug-likeness (QED) is 0.734. The molecule has 3 rings (SSSR count). The highest BCUT2D eigenvalue weighted by Gasteiger charge is 2.35. The monoisotopic (exact) mass is 331 g/mol. The number of carbonyl (C=O) groups is 1. The van der Waals surface area contributed by atoms with E-state index in [1.807, 2.05) is 0 Å². The van der Waals surface area contributed by atoms with Crippen molar-refractivity contribution in [2.24, 2.45) is 0 Å². The molecule has 0 radical (unpaired) electrons. The Balaban J connectivity index is 1.76. The molecule has 3 atom stereocenters. The van der Waals surface area contributed by atoms with Crippen LogP contribution in [0.2, 0.25) is 0 Å². The van der Waals surface area contributed by atoms with Crippen molar-refractivity contribution < 1.29 is 19.7 Å². The van der Waals surface area contributed by atoms with E-state index in [9.17, 15) is 14.7 Å². The van der Waals surface area contributed by atoms with Gasteiger partial charge < -0.3 is 20.3 Å². The van der Waals surface area contributed by atoms with Crippen molar-refractivity contribution in [2.75, 3.05) is 11.9 Å². The molecule has 3 N–H and O–H groups in total. The molecule has 1 saturated heterocycles. The summed E-state index contributed by atoms with van der Waals surface area (Å²) in [6, 6.07) is 10.0. The zero-order valence-corrected chi connectivity index (χ0v) is 12.7. The molecule has 0 unspecified atom stereocenters. The van der Waals surface area contributed by atoms with Crippen molar-refractivity contribution in [2.45, 2.75) is 24.9 Å². The lowest BCUT2D eigenvalue weighted by molar-refractivity contribution is -0.0529. The maximum absolute atomic E-state index is 12.1. The molecule has 2 heterocycles. The first-order valence-corrected chi connectivity index (χ1v) is 7.48. The third kappa shape index (κ3) is 3.35. The van der Waals surface area contributed by atoms with Crippen molar-refractivity contribution in [3.05, 3.63) is 58.6 Å². The van der Waals surface area contributed by atoms with Gasteiger partial charge in [-0.2, -0.15) is 4.98 Å². The fourth-order valence-corrected chi connectivity index (χ4v) is 2.55. The zero-order chi connectivity index (χ0) is 17.1. The third-order valence-electron chi connectivity index (χ3n) is 3.75. The lowest BCUT2D eigenvalue weighted by atomic mass is 10.2. The van der Waals surface area contributed by atoms with Crippen LogP contribution in [0.25, 0.3) is 0 Å². The largest absolute Gasteiger partial charge is 0.394 e. The van der Waals surface area contributed by atoms with E-state index in [4.69, 9.17) is 9.84 Å². The molecule has 8 heteroatoms. The SMILES string of the molecule is O=C(Nc1ccn([C@@H]2O[C@H](CO)C[C@H]2O)c(=O)n1)c1ccccc1. The summed E-state index contributed by atoms with van der Waals surface area (Å²) in [4.78, 5) is 28.0. The predicted molar refractivity (Wildman–Crippen MR) is 84.5 cm³/mol. The first kappa shape index (κ1) is 16.3. The van der Waals surface area contributed by atoms with Gasteiger partial charge in [0.05, 0.1) is 12.7 Å². The standard InChI is InChI=1S/C16H17N3O5/c20-9-11-8-12(21)15(24-11)19-7-6-13(18-16(19)23)17-14(22)10-4-2-1-3-5-10/h1-7,11-12,15,20-21H,8-9H2,(H,17,18,22,23)/t11-,12+,15+/m0/s1. The lowest BCUT2D eigenvalue weighted by Crippen LogP contribution is -2.32. The number of aromatic nitrogens is 2. The number of aliphatic hydroxyl groups excluding tert-OH is 2. The van der Waals surface area contributed by atoms with Crippen LogP contribution in [0.5, 0.6) is 0 Å². The number of aliphatic hydroxyl groups is 2. The van der Waals surface area contributed by atoms with Crippen molar-refractivity contribution in [3.8, 4) is 0 Å². The Bertz CT molecular complexity index is 777. The first-order chi connectivity index (χ1) is 11.6. The molecule has 0 bridgehead atoms. The smallest absolute Gasteiger partial charge is 0.351 e. The van der Waals surface area contributed by atoms with E-state index in [2.05, 4.69) is 10.3 Å². The molecule has 24 heavy (non-hydrogen) atoms. The Kier molecular flexibility index (Phi) is 4.70. The van der Waals surface area contributed by atoms with Crippen LogP contribution >= 0.6 is 0 Å². The van der Waals surface area contributed by atoms with Crippen LogP contribution in [-0.4, -0.2) is 44.5 Å². The van der Waals surface area contributed by atoms with E-state index in [0.717, 1.165) is 4.57 Å². The highest BCUT2D eigenvalue weighted by atomic mass is 16.5. The number of hydrogen-bond donors (Lipinski definition) is 3. The molecule has 1 amide bonds. The fraction of sp³-hybridized carbons (Fsp3) is 0.312. The number of ether oxygens (including phenoxy) is 1. The number of amides is 1. The van der Waals surface area contributed by atoms with Crippen LogP contribution < -0.4 is 11.0 Å². The van der Waals surface area contributed by atoms with Crippen LogP contribution in [0.1, 0.15) is 23.0 Å². The Morgan fingerprint density at radius 3 is 2.71 bits per heavy atom. The minimum atomic E-state index is -0.911. The summed E-state index contributed by atoms with van der Waals surface area (Å²) in [6.45, 7) is -0.235. The van der Waals surface area contributed by atoms with Gasteiger partial charge in [0.15, 0.2) is 6.23 Å². The number of anilines is 1. The molecule has 2 aromatic rings. The molecule has 0 spiro atoms. The van der Waals surface area contributed by atoms with Gasteiger partial charge in [-0.05, 0) is 18.2 Å². The summed E-state index contributed by atoms with van der Waals surface area (Å²) in [5, 5.41) is 21.6. The molecule has 1 fully saturated rings. The number of nitrogens with zero attached hydrogens (tertiary/aromatic N) is 2. The first-order valence-electron chi connectivity index (χ1n) is 7.48. The minimum absolute atomic E-state index is 0.108. The molecular formula is C16H17N3O5. The Hall–Kier alpha value is -2.55. The van der Waals surface area contributed by atoms with E-state index >= 15 is 0 Å². The van der Waals surface area contributed by atoms with E-state index in [0.29, 0.717) is 5.56 Å². The van der Waals surface area contributed by atoms with Crippen molar-refractivity contribution in [1.29, 1.82) is 0 Å². The summed E-state index contributed by atoms with van der Waals surface area (Å²) < 4.78 is 6.55. The lowest BCUT2D eigenvalue weighted by Gasteiger charge is -2.17. The van der Waals surface area contributed by atoms with Gasteiger partial charge in [-0.1, -0.05) is 18.2 Å². The molecular weight excluding hydrogens is 314 g/mol. The average molecular weight is 331 g/mol. The van der Waals surface area contributed by atoms with E-state index < -0.39 is 24.1 Å². The summed E-state index contributed by atoms with van der Waals surface area (Å²) in [5.74, 6) is -0.269. The topological polar surface area (TPSA) is 114 Å². The van der Waals surface area contributed by atoms with Gasteiger partial charge in [-0.25, -0.2) is 4.79 Å². The second-order valence-corrected chi connectivity index (χ2v) is 5.46. The summed E-state index contributed by atoms with van der Waals surface area (Å²) in [6.07, 6.45) is -0.703. The summed E-state index contributed by atoms with van der Waals surface area (Å²) in [7, 11) is 0. The predicted octanol–water partition coefficient (Wildman–Crippen LogP) is 0.136. The highest BCUT2D eigenvalue weighted by Crippen LogP contribution is 2.27. The molecule has 1 aromatic carbocycles. The third-order valence-corrected chi connectivity index (χ3v) is 3.75. The molecule has 1 aromatic heterocycles. The van der Waals surface area contributed by atoms with Gasteiger partial charge in [0.25, 0.3) is 5.91 Å². The Morgan fingerprint density at radius 1 is 1.33 bits per heavy atom. The van der Waals surface area contributed by atoms with E-state index in [-0.39, 0.29) is 24.8 Å². The van der Waals surface area contributed by atoms with Gasteiger partial charge in [0, 0.05) is 18.2 Å². The molecule has 126 valence electrons. The van der Waals surface area contributed by atoms with Crippen LogP contribution in [0, 0.1) is 0 Å². The normalized spacial score (nSPS) is 23.2. The van der Waals surface area contributed by atoms with Gasteiger partial charge in [-0.3, -0.25) is 9.36 Å². The maximum atomic E-state index is 12.1. The van der Waals surface area contributed by atoms with Gasteiger partial charge in [-0.15, -0.1) is 0 Å². The van der Waals surface area contributed by atoms with Gasteiger partial charge >= 0.3 is 5.69 Å². The highest BCUT2D eigenvalue weighted by molar-refractivity contribution is 6.03. The number of carbonyl (C=O) groups excluding carboxylic acids is 1. The summed E-state index contributed by atoms with van der Waals surface area (Å²) >= 11 is 0. The number of nitrogens with one attached hydrogen (secondary N) is 1. The van der Waals surface area contributed by atoms with Gasteiger partial charge in [0.2, 0.25) is 0 Å². The van der Waals surface area contributed by atoms with Crippen LogP contribution in [0.3, 0.4) is 0 Å². The fourth-order valence-electron chi connectivity index (χ4n) is 2.55. The van der Waals surface area contributed by atoms with Crippen molar-refractivity contribution in [3.63, 3.8) is 0 Å².